The summed E-state index contributed by atoms with van der Waals surface area (Å²) in [7, 11) is 0. The van der Waals surface area contributed by atoms with Crippen LogP contribution in [0, 0.1) is 5.92 Å². The molecule has 0 saturated carbocycles. The smallest absolute Gasteiger partial charge is 0.224 e. The Labute approximate surface area is 147 Å². The van der Waals surface area contributed by atoms with Gasteiger partial charge in [-0.2, -0.15) is 0 Å². The molecule has 4 N–H and O–H groups in total. The van der Waals surface area contributed by atoms with Crippen LogP contribution in [0.4, 0.5) is 5.69 Å². The summed E-state index contributed by atoms with van der Waals surface area (Å²) in [5.41, 5.74) is 5.96. The molecular formula is C16H24ClN3O2S. The highest BCUT2D eigenvalue weighted by molar-refractivity contribution is 7.99. The number of nitrogens with one attached hydrogen (secondary N) is 2. The Bertz CT molecular complexity index is 522. The van der Waals surface area contributed by atoms with Crippen molar-refractivity contribution >= 4 is 41.7 Å². The van der Waals surface area contributed by atoms with Gasteiger partial charge in [0, 0.05) is 23.5 Å². The van der Waals surface area contributed by atoms with E-state index in [2.05, 4.69) is 10.6 Å². The Kier molecular flexibility index (Phi) is 9.06. The second-order valence-corrected chi connectivity index (χ2v) is 6.64. The SMILES string of the molecule is Cl.NC(=O)CCSc1ccccc1NC(=O)CCC1CCNC1. The van der Waals surface area contributed by atoms with Crippen LogP contribution in [0.25, 0.3) is 0 Å². The van der Waals surface area contributed by atoms with Crippen molar-refractivity contribution in [2.24, 2.45) is 11.7 Å². The van der Waals surface area contributed by atoms with E-state index in [9.17, 15) is 9.59 Å². The van der Waals surface area contributed by atoms with Gasteiger partial charge in [-0.3, -0.25) is 9.59 Å². The van der Waals surface area contributed by atoms with Crippen molar-refractivity contribution < 1.29 is 9.59 Å². The molecule has 1 heterocycles. The molecule has 2 amide bonds. The highest BCUT2D eigenvalue weighted by Crippen LogP contribution is 2.27. The van der Waals surface area contributed by atoms with Crippen molar-refractivity contribution in [2.75, 3.05) is 24.2 Å². The molecular weight excluding hydrogens is 334 g/mol. The fraction of sp³-hybridized carbons (Fsp3) is 0.500. The van der Waals surface area contributed by atoms with Crippen molar-refractivity contribution in [2.45, 2.75) is 30.6 Å². The maximum atomic E-state index is 12.1. The van der Waals surface area contributed by atoms with E-state index in [1.807, 2.05) is 24.3 Å². The van der Waals surface area contributed by atoms with E-state index in [1.165, 1.54) is 11.8 Å². The Balaban J connectivity index is 0.00000264. The fourth-order valence-electron chi connectivity index (χ4n) is 2.47. The van der Waals surface area contributed by atoms with E-state index >= 15 is 0 Å². The zero-order chi connectivity index (χ0) is 15.8. The standard InChI is InChI=1S/C16H23N3O2S.ClH/c17-15(20)8-10-22-14-4-2-1-3-13(14)19-16(21)6-5-12-7-9-18-11-12;/h1-4,12,18H,5-11H2,(H2,17,20)(H,19,21);1H. The third-order valence-electron chi connectivity index (χ3n) is 3.71. The summed E-state index contributed by atoms with van der Waals surface area (Å²) in [6, 6.07) is 7.66. The van der Waals surface area contributed by atoms with E-state index in [4.69, 9.17) is 5.73 Å². The second kappa shape index (κ2) is 10.5. The van der Waals surface area contributed by atoms with Crippen molar-refractivity contribution in [1.29, 1.82) is 0 Å². The van der Waals surface area contributed by atoms with Crippen LogP contribution in [0.3, 0.4) is 0 Å². The fourth-order valence-corrected chi connectivity index (χ4v) is 3.44. The predicted octanol–water partition coefficient (Wildman–Crippen LogP) is 2.40. The third-order valence-corrected chi connectivity index (χ3v) is 4.78. The number of halogens is 1. The zero-order valence-electron chi connectivity index (χ0n) is 13.0. The molecule has 2 rings (SSSR count). The first-order valence-electron chi connectivity index (χ1n) is 7.66. The number of nitrogens with two attached hydrogens (primary N) is 1. The topological polar surface area (TPSA) is 84.2 Å². The first-order chi connectivity index (χ1) is 10.6. The van der Waals surface area contributed by atoms with Gasteiger partial charge in [0.1, 0.15) is 0 Å². The van der Waals surface area contributed by atoms with Gasteiger partial charge in [-0.1, -0.05) is 12.1 Å². The van der Waals surface area contributed by atoms with Crippen molar-refractivity contribution in [3.8, 4) is 0 Å². The number of benzene rings is 1. The van der Waals surface area contributed by atoms with Gasteiger partial charge in [0.15, 0.2) is 0 Å². The Morgan fingerprint density at radius 2 is 2.09 bits per heavy atom. The predicted molar refractivity (Wildman–Crippen MR) is 97.1 cm³/mol. The first kappa shape index (κ1) is 19.8. The van der Waals surface area contributed by atoms with Crippen LogP contribution in [-0.4, -0.2) is 30.7 Å². The van der Waals surface area contributed by atoms with Gasteiger partial charge in [-0.05, 0) is 44.0 Å². The largest absolute Gasteiger partial charge is 0.370 e. The lowest BCUT2D eigenvalue weighted by Crippen LogP contribution is -2.15. The molecule has 1 atom stereocenters. The Morgan fingerprint density at radius 3 is 2.78 bits per heavy atom. The summed E-state index contributed by atoms with van der Waals surface area (Å²) < 4.78 is 0. The molecule has 23 heavy (non-hydrogen) atoms. The molecule has 128 valence electrons. The lowest BCUT2D eigenvalue weighted by Gasteiger charge is -2.12. The minimum absolute atomic E-state index is 0. The molecule has 1 aliphatic rings. The highest BCUT2D eigenvalue weighted by Gasteiger charge is 2.16. The van der Waals surface area contributed by atoms with Gasteiger partial charge in [0.25, 0.3) is 0 Å². The molecule has 7 heteroatoms. The first-order valence-corrected chi connectivity index (χ1v) is 8.64. The molecule has 0 bridgehead atoms. The van der Waals surface area contributed by atoms with E-state index in [-0.39, 0.29) is 24.2 Å². The average molecular weight is 358 g/mol. The van der Waals surface area contributed by atoms with Gasteiger partial charge < -0.3 is 16.4 Å². The lowest BCUT2D eigenvalue weighted by molar-refractivity contribution is -0.118. The normalized spacial score (nSPS) is 16.6. The van der Waals surface area contributed by atoms with E-state index in [0.29, 0.717) is 24.5 Å². The van der Waals surface area contributed by atoms with Gasteiger partial charge in [0.2, 0.25) is 11.8 Å². The molecule has 1 aliphatic heterocycles. The number of primary amides is 1. The van der Waals surface area contributed by atoms with Crippen LogP contribution < -0.4 is 16.4 Å². The van der Waals surface area contributed by atoms with E-state index in [0.717, 1.165) is 36.5 Å². The summed E-state index contributed by atoms with van der Waals surface area (Å²) in [6.45, 7) is 2.08. The van der Waals surface area contributed by atoms with Crippen LogP contribution in [0.15, 0.2) is 29.2 Å². The summed E-state index contributed by atoms with van der Waals surface area (Å²) in [6.07, 6.45) is 2.97. The minimum atomic E-state index is -0.306. The molecule has 5 nitrogen and oxygen atoms in total. The van der Waals surface area contributed by atoms with E-state index < -0.39 is 0 Å². The molecule has 0 aliphatic carbocycles. The third kappa shape index (κ3) is 7.24. The van der Waals surface area contributed by atoms with Crippen molar-refractivity contribution in [3.05, 3.63) is 24.3 Å². The second-order valence-electron chi connectivity index (χ2n) is 5.51. The highest BCUT2D eigenvalue weighted by atomic mass is 35.5. The molecule has 1 saturated heterocycles. The molecule has 1 aromatic carbocycles. The van der Waals surface area contributed by atoms with Crippen LogP contribution in [0.1, 0.15) is 25.7 Å². The summed E-state index contributed by atoms with van der Waals surface area (Å²) in [4.78, 5) is 23.9. The quantitative estimate of drug-likeness (QED) is 0.624. The molecule has 0 aromatic heterocycles. The van der Waals surface area contributed by atoms with Crippen LogP contribution >= 0.6 is 24.2 Å². The minimum Gasteiger partial charge on any atom is -0.370 e. The lowest BCUT2D eigenvalue weighted by atomic mass is 10.0. The van der Waals surface area contributed by atoms with Crippen molar-refractivity contribution in [3.63, 3.8) is 0 Å². The maximum Gasteiger partial charge on any atom is 0.224 e. The van der Waals surface area contributed by atoms with Crippen LogP contribution in [-0.2, 0) is 9.59 Å². The molecule has 1 aromatic rings. The molecule has 1 unspecified atom stereocenters. The monoisotopic (exact) mass is 357 g/mol. The van der Waals surface area contributed by atoms with Gasteiger partial charge in [-0.15, -0.1) is 24.2 Å². The molecule has 0 radical (unpaired) electrons. The van der Waals surface area contributed by atoms with Crippen LogP contribution in [0.5, 0.6) is 0 Å². The number of hydrogen-bond donors (Lipinski definition) is 3. The number of anilines is 1. The number of rotatable bonds is 8. The average Bonchev–Trinajstić information content (AvgIpc) is 3.00. The van der Waals surface area contributed by atoms with Gasteiger partial charge >= 0.3 is 0 Å². The number of carbonyl (C=O) groups is 2. The summed E-state index contributed by atoms with van der Waals surface area (Å²) >= 11 is 1.54. The summed E-state index contributed by atoms with van der Waals surface area (Å²) in [5, 5.41) is 6.29. The Hall–Kier alpha value is -1.24. The summed E-state index contributed by atoms with van der Waals surface area (Å²) in [5.74, 6) is 0.982. The molecule has 1 fully saturated rings. The number of amides is 2. The number of carbonyl (C=O) groups excluding carboxylic acids is 2. The zero-order valence-corrected chi connectivity index (χ0v) is 14.7. The van der Waals surface area contributed by atoms with E-state index in [1.54, 1.807) is 0 Å². The number of para-hydroxylation sites is 1. The maximum absolute atomic E-state index is 12.1. The van der Waals surface area contributed by atoms with Crippen LogP contribution in [0.2, 0.25) is 0 Å². The number of thioether (sulfide) groups is 1. The number of hydrogen-bond acceptors (Lipinski definition) is 4. The van der Waals surface area contributed by atoms with Gasteiger partial charge in [0.05, 0.1) is 5.69 Å². The Morgan fingerprint density at radius 1 is 1.30 bits per heavy atom. The van der Waals surface area contributed by atoms with Gasteiger partial charge in [-0.25, -0.2) is 0 Å². The molecule has 0 spiro atoms. The van der Waals surface area contributed by atoms with Crippen molar-refractivity contribution in [1.82, 2.24) is 5.32 Å².